The summed E-state index contributed by atoms with van der Waals surface area (Å²) in [4.78, 5) is 4.05. The second-order valence-electron chi connectivity index (χ2n) is 2.81. The van der Waals surface area contributed by atoms with Gasteiger partial charge in [-0.05, 0) is 23.1 Å². The van der Waals surface area contributed by atoms with Crippen molar-refractivity contribution in [1.29, 1.82) is 0 Å². The van der Waals surface area contributed by atoms with Crippen LogP contribution in [0.1, 0.15) is 0 Å². The second-order valence-corrected chi connectivity index (χ2v) is 4.15. The van der Waals surface area contributed by atoms with Crippen molar-refractivity contribution in [3.05, 3.63) is 47.6 Å². The van der Waals surface area contributed by atoms with Crippen molar-refractivity contribution in [3.8, 4) is 11.4 Å². The average molecular weight is 267 g/mol. The van der Waals surface area contributed by atoms with Crippen LogP contribution in [0.25, 0.3) is 11.4 Å². The van der Waals surface area contributed by atoms with Crippen LogP contribution in [0.4, 0.5) is 0 Å². The average Bonchev–Trinajstić information content (AvgIpc) is 3.04. The summed E-state index contributed by atoms with van der Waals surface area (Å²) < 4.78 is 8.93. The number of halogens is 1. The third-order valence-corrected chi connectivity index (χ3v) is 2.51. The van der Waals surface area contributed by atoms with E-state index in [0.29, 0.717) is 10.3 Å². The van der Waals surface area contributed by atoms with Gasteiger partial charge in [0.05, 0.1) is 0 Å². The lowest BCUT2D eigenvalue weighted by atomic mass is 10.2. The Morgan fingerprint density at radius 3 is 2.24 bits per heavy atom. The van der Waals surface area contributed by atoms with E-state index in [1.165, 1.54) is 24.3 Å². The van der Waals surface area contributed by atoms with Crippen LogP contribution < -0.4 is 0 Å². The van der Waals surface area contributed by atoms with Gasteiger partial charge in [0.15, 0.2) is 5.82 Å². The van der Waals surface area contributed by atoms with E-state index in [1.807, 2.05) is 30.3 Å². The van der Waals surface area contributed by atoms with Crippen molar-refractivity contribution in [2.45, 2.75) is 0 Å². The van der Waals surface area contributed by atoms with E-state index < -0.39 is 0 Å². The Morgan fingerprint density at radius 2 is 1.76 bits per heavy atom. The summed E-state index contributed by atoms with van der Waals surface area (Å²) in [6.45, 7) is 0. The first-order valence-corrected chi connectivity index (χ1v) is 5.75. The van der Waals surface area contributed by atoms with E-state index in [-0.39, 0.29) is 0 Å². The highest BCUT2D eigenvalue weighted by Gasteiger charge is 2.02. The molecule has 17 heavy (non-hydrogen) atoms. The van der Waals surface area contributed by atoms with Crippen LogP contribution in [-0.2, 0) is 0 Å². The van der Waals surface area contributed by atoms with Crippen molar-refractivity contribution < 1.29 is 4.42 Å². The molecule has 0 saturated heterocycles. The summed E-state index contributed by atoms with van der Waals surface area (Å²) in [6.07, 6.45) is 2.53. The van der Waals surface area contributed by atoms with Crippen molar-refractivity contribution in [2.24, 2.45) is 0 Å². The zero-order valence-electron chi connectivity index (χ0n) is 8.52. The van der Waals surface area contributed by atoms with Gasteiger partial charge >= 0.3 is 0 Å². The van der Waals surface area contributed by atoms with Crippen molar-refractivity contribution in [2.75, 3.05) is 0 Å². The molecule has 0 atom stereocenters. The number of benzene rings is 1. The van der Waals surface area contributed by atoms with Gasteiger partial charge in [0.2, 0.25) is 17.3 Å². The Balaban J connectivity index is 0.000000181. The smallest absolute Gasteiger partial charge is 0.203 e. The Hall–Kier alpha value is -1.79. The van der Waals surface area contributed by atoms with E-state index in [4.69, 9.17) is 11.6 Å². The molecule has 0 radical (unpaired) electrons. The highest BCUT2D eigenvalue weighted by Crippen LogP contribution is 2.19. The van der Waals surface area contributed by atoms with Crippen LogP contribution in [-0.4, -0.2) is 19.6 Å². The topological polar surface area (TPSA) is 64.7 Å². The van der Waals surface area contributed by atoms with Crippen LogP contribution in [0.3, 0.4) is 0 Å². The predicted molar refractivity (Wildman–Crippen MR) is 64.7 cm³/mol. The van der Waals surface area contributed by atoms with Gasteiger partial charge in [-0.15, -0.1) is 10.2 Å². The minimum absolute atomic E-state index is 0.480. The molecule has 0 unspecified atom stereocenters. The van der Waals surface area contributed by atoms with E-state index in [2.05, 4.69) is 24.0 Å². The van der Waals surface area contributed by atoms with Crippen molar-refractivity contribution in [1.82, 2.24) is 19.6 Å². The molecule has 0 amide bonds. The van der Waals surface area contributed by atoms with Crippen LogP contribution in [0, 0.1) is 0 Å². The quantitative estimate of drug-likeness (QED) is 0.677. The fourth-order valence-corrected chi connectivity index (χ4v) is 1.66. The Kier molecular flexibility index (Phi) is 4.17. The van der Waals surface area contributed by atoms with Gasteiger partial charge in [-0.25, -0.2) is 4.98 Å². The summed E-state index contributed by atoms with van der Waals surface area (Å²) in [5.41, 5.74) is 1.00. The molecule has 0 spiro atoms. The van der Waals surface area contributed by atoms with Crippen molar-refractivity contribution >= 4 is 23.1 Å². The summed E-state index contributed by atoms with van der Waals surface area (Å²) >= 11 is 6.86. The Labute approximate surface area is 106 Å². The zero-order chi connectivity index (χ0) is 11.9. The number of hydrogen-bond donors (Lipinski definition) is 0. The van der Waals surface area contributed by atoms with E-state index in [9.17, 15) is 0 Å². The van der Waals surface area contributed by atoms with Crippen LogP contribution in [0.2, 0.25) is 4.47 Å². The third-order valence-electron chi connectivity index (χ3n) is 1.72. The number of rotatable bonds is 1. The molecule has 3 aromatic rings. The van der Waals surface area contributed by atoms with Crippen LogP contribution in [0.15, 0.2) is 47.5 Å². The van der Waals surface area contributed by atoms with Gasteiger partial charge in [-0.2, -0.15) is 4.37 Å². The minimum atomic E-state index is 0.480. The molecular formula is C10H7ClN4OS. The first-order valence-electron chi connectivity index (χ1n) is 4.59. The molecule has 0 aliphatic carbocycles. The second kappa shape index (κ2) is 6.07. The molecule has 1 aromatic carbocycles. The molecule has 3 rings (SSSR count). The fraction of sp³-hybridized carbons (Fsp3) is 0. The molecular weight excluding hydrogens is 260 g/mol. The van der Waals surface area contributed by atoms with Crippen molar-refractivity contribution in [3.63, 3.8) is 0 Å². The number of aromatic nitrogens is 4. The lowest BCUT2D eigenvalue weighted by molar-refractivity contribution is 0.553. The largest absolute Gasteiger partial charge is 0.431 e. The molecule has 0 aliphatic rings. The molecule has 2 aromatic heterocycles. The van der Waals surface area contributed by atoms with Crippen LogP contribution in [0.5, 0.6) is 0 Å². The maximum atomic E-state index is 5.66. The van der Waals surface area contributed by atoms with E-state index in [0.717, 1.165) is 5.56 Å². The van der Waals surface area contributed by atoms with Gasteiger partial charge in [-0.1, -0.05) is 30.3 Å². The van der Waals surface area contributed by atoms with Gasteiger partial charge in [0.1, 0.15) is 0 Å². The van der Waals surface area contributed by atoms with Gasteiger partial charge in [0, 0.05) is 5.56 Å². The van der Waals surface area contributed by atoms with Gasteiger partial charge in [-0.3, -0.25) is 0 Å². The Bertz CT molecular complexity index is 523. The lowest BCUT2D eigenvalue weighted by Gasteiger charge is -1.90. The molecule has 0 fully saturated rings. The highest BCUT2D eigenvalue weighted by atomic mass is 35.5. The molecule has 5 nitrogen and oxygen atoms in total. The molecule has 0 bridgehead atoms. The van der Waals surface area contributed by atoms with E-state index >= 15 is 0 Å². The minimum Gasteiger partial charge on any atom is -0.431 e. The molecule has 0 aliphatic heterocycles. The molecule has 0 saturated carbocycles. The summed E-state index contributed by atoms with van der Waals surface area (Å²) in [5, 5.41) is 6.61. The number of nitrogens with zero attached hydrogens (tertiary/aromatic N) is 4. The monoisotopic (exact) mass is 266 g/mol. The maximum Gasteiger partial charge on any atom is 0.203 e. The fourth-order valence-electron chi connectivity index (χ4n) is 1.05. The van der Waals surface area contributed by atoms with Gasteiger partial charge < -0.3 is 4.42 Å². The zero-order valence-corrected chi connectivity index (χ0v) is 10.1. The van der Waals surface area contributed by atoms with Gasteiger partial charge in [0.25, 0.3) is 0 Å². The first-order chi connectivity index (χ1) is 8.36. The molecule has 86 valence electrons. The van der Waals surface area contributed by atoms with Crippen LogP contribution >= 0.6 is 23.1 Å². The lowest BCUT2D eigenvalue weighted by Crippen LogP contribution is -1.77. The first kappa shape index (κ1) is 11.7. The standard InChI is InChI=1S/C8H5ClN2S.C2H2N2O/c9-8-10-7(11-12-8)6-4-2-1-3-5-6;1-3-4-2-5-1/h1-5H;1-2H. The summed E-state index contributed by atoms with van der Waals surface area (Å²) in [7, 11) is 0. The maximum absolute atomic E-state index is 5.66. The molecule has 7 heteroatoms. The Morgan fingerprint density at radius 1 is 1.06 bits per heavy atom. The summed E-state index contributed by atoms with van der Waals surface area (Å²) in [5.74, 6) is 0.700. The van der Waals surface area contributed by atoms with E-state index in [1.54, 1.807) is 0 Å². The predicted octanol–water partition coefficient (Wildman–Crippen LogP) is 2.93. The highest BCUT2D eigenvalue weighted by molar-refractivity contribution is 7.10. The SMILES string of the molecule is Clc1nc(-c2ccccc2)ns1.c1nnco1. The molecule has 0 N–H and O–H groups in total. The normalized spacial score (nSPS) is 9.47. The summed E-state index contributed by atoms with van der Waals surface area (Å²) in [6, 6.07) is 9.77. The molecule has 2 heterocycles. The third kappa shape index (κ3) is 3.61. The number of hydrogen-bond acceptors (Lipinski definition) is 6.